The van der Waals surface area contributed by atoms with Crippen molar-refractivity contribution in [3.05, 3.63) is 46.0 Å². The van der Waals surface area contributed by atoms with Crippen molar-refractivity contribution in [1.82, 2.24) is 9.88 Å². The van der Waals surface area contributed by atoms with Crippen molar-refractivity contribution in [3.63, 3.8) is 0 Å². The lowest BCUT2D eigenvalue weighted by atomic mass is 10.2. The molecule has 0 fully saturated rings. The summed E-state index contributed by atoms with van der Waals surface area (Å²) in [5.41, 5.74) is 1.61. The van der Waals surface area contributed by atoms with Crippen molar-refractivity contribution >= 4 is 11.3 Å². The van der Waals surface area contributed by atoms with E-state index in [0.29, 0.717) is 36.2 Å². The van der Waals surface area contributed by atoms with E-state index in [2.05, 4.69) is 16.3 Å². The number of thiophene rings is 1. The van der Waals surface area contributed by atoms with Crippen molar-refractivity contribution in [2.75, 3.05) is 27.1 Å². The second-order valence-electron chi connectivity index (χ2n) is 6.45. The SMILES string of the molecule is COc1cc(-c2nc(CN(CCO)Cc3cccs3)c(C)o2)cc2c1OCO2. The molecule has 0 saturated heterocycles. The normalized spacial score (nSPS) is 12.7. The minimum atomic E-state index is 0.0918. The first-order chi connectivity index (χ1) is 13.7. The maximum atomic E-state index is 9.42. The Morgan fingerprint density at radius 2 is 2.18 bits per heavy atom. The molecule has 8 heteroatoms. The molecular weight excluding hydrogens is 380 g/mol. The summed E-state index contributed by atoms with van der Waals surface area (Å²) in [7, 11) is 1.59. The van der Waals surface area contributed by atoms with Gasteiger partial charge < -0.3 is 23.7 Å². The molecule has 0 bridgehead atoms. The minimum absolute atomic E-state index is 0.0918. The Morgan fingerprint density at radius 1 is 1.29 bits per heavy atom. The largest absolute Gasteiger partial charge is 0.493 e. The first-order valence-electron chi connectivity index (χ1n) is 8.98. The number of rotatable bonds is 8. The fourth-order valence-electron chi connectivity index (χ4n) is 3.14. The highest BCUT2D eigenvalue weighted by Crippen LogP contribution is 2.44. The first kappa shape index (κ1) is 18.8. The van der Waals surface area contributed by atoms with Crippen LogP contribution >= 0.6 is 11.3 Å². The molecule has 0 aliphatic carbocycles. The number of ether oxygens (including phenoxy) is 3. The fourth-order valence-corrected chi connectivity index (χ4v) is 3.89. The molecule has 148 valence electrons. The summed E-state index contributed by atoms with van der Waals surface area (Å²) in [5.74, 6) is 3.05. The fraction of sp³-hybridized carbons (Fsp3) is 0.350. The van der Waals surface area contributed by atoms with E-state index < -0.39 is 0 Å². The van der Waals surface area contributed by atoms with Gasteiger partial charge in [-0.2, -0.15) is 0 Å². The average Bonchev–Trinajstić information content (AvgIpc) is 3.43. The summed E-state index contributed by atoms with van der Waals surface area (Å²) in [5, 5.41) is 11.5. The van der Waals surface area contributed by atoms with Crippen LogP contribution in [0.4, 0.5) is 0 Å². The molecule has 0 saturated carbocycles. The van der Waals surface area contributed by atoms with Gasteiger partial charge in [0.25, 0.3) is 0 Å². The maximum absolute atomic E-state index is 9.42. The highest BCUT2D eigenvalue weighted by atomic mass is 32.1. The molecule has 4 rings (SSSR count). The summed E-state index contributed by atoms with van der Waals surface area (Å²) < 4.78 is 22.3. The van der Waals surface area contributed by atoms with Gasteiger partial charge in [0.2, 0.25) is 18.4 Å². The van der Waals surface area contributed by atoms with Crippen LogP contribution in [0.2, 0.25) is 0 Å². The summed E-state index contributed by atoms with van der Waals surface area (Å²) >= 11 is 1.70. The summed E-state index contributed by atoms with van der Waals surface area (Å²) in [6.07, 6.45) is 0. The number of nitrogens with zero attached hydrogens (tertiary/aromatic N) is 2. The topological polar surface area (TPSA) is 77.2 Å². The third kappa shape index (κ3) is 3.84. The van der Waals surface area contributed by atoms with Crippen LogP contribution < -0.4 is 14.2 Å². The van der Waals surface area contributed by atoms with Gasteiger partial charge in [0.05, 0.1) is 19.4 Å². The number of benzene rings is 1. The molecule has 1 N–H and O–H groups in total. The lowest BCUT2D eigenvalue weighted by Crippen LogP contribution is -2.26. The predicted octanol–water partition coefficient (Wildman–Crippen LogP) is 3.44. The van der Waals surface area contributed by atoms with Crippen molar-refractivity contribution in [2.24, 2.45) is 0 Å². The minimum Gasteiger partial charge on any atom is -0.493 e. The number of aliphatic hydroxyl groups is 1. The molecular formula is C20H22N2O5S. The highest BCUT2D eigenvalue weighted by Gasteiger charge is 2.23. The van der Waals surface area contributed by atoms with Crippen LogP contribution in [0.3, 0.4) is 0 Å². The lowest BCUT2D eigenvalue weighted by molar-refractivity contribution is 0.171. The second kappa shape index (κ2) is 8.22. The van der Waals surface area contributed by atoms with Crippen LogP contribution in [-0.4, -0.2) is 42.0 Å². The van der Waals surface area contributed by atoms with E-state index in [-0.39, 0.29) is 13.4 Å². The Balaban J connectivity index is 1.58. The van der Waals surface area contributed by atoms with Crippen LogP contribution in [0.1, 0.15) is 16.3 Å². The zero-order valence-corrected chi connectivity index (χ0v) is 16.6. The summed E-state index contributed by atoms with van der Waals surface area (Å²) in [4.78, 5) is 8.09. The van der Waals surface area contributed by atoms with Crippen molar-refractivity contribution in [1.29, 1.82) is 0 Å². The van der Waals surface area contributed by atoms with Gasteiger partial charge in [0, 0.05) is 30.1 Å². The summed E-state index contributed by atoms with van der Waals surface area (Å²) in [6, 6.07) is 7.80. The Labute approximate surface area is 167 Å². The molecule has 0 atom stereocenters. The zero-order chi connectivity index (χ0) is 19.5. The molecule has 7 nitrogen and oxygen atoms in total. The highest BCUT2D eigenvalue weighted by molar-refractivity contribution is 7.09. The molecule has 0 spiro atoms. The molecule has 0 amide bonds. The Morgan fingerprint density at radius 3 is 2.93 bits per heavy atom. The molecule has 1 aliphatic rings. The Bertz CT molecular complexity index is 938. The first-order valence-corrected chi connectivity index (χ1v) is 9.85. The number of fused-ring (bicyclic) bond motifs is 1. The zero-order valence-electron chi connectivity index (χ0n) is 15.8. The second-order valence-corrected chi connectivity index (χ2v) is 7.48. The third-order valence-electron chi connectivity index (χ3n) is 4.55. The monoisotopic (exact) mass is 402 g/mol. The third-order valence-corrected chi connectivity index (χ3v) is 5.41. The summed E-state index contributed by atoms with van der Waals surface area (Å²) in [6.45, 7) is 4.08. The van der Waals surface area contributed by atoms with E-state index in [9.17, 15) is 5.11 Å². The number of aromatic nitrogens is 1. The smallest absolute Gasteiger partial charge is 0.231 e. The van der Waals surface area contributed by atoms with Gasteiger partial charge in [-0.15, -0.1) is 11.3 Å². The van der Waals surface area contributed by atoms with Crippen molar-refractivity contribution in [2.45, 2.75) is 20.0 Å². The standard InChI is InChI=1S/C20H22N2O5S/c1-13-16(11-22(5-6-23)10-15-4-3-7-28-15)21-20(27-13)14-8-17(24-2)19-18(9-14)25-12-26-19/h3-4,7-9,23H,5-6,10-12H2,1-2H3. The van der Waals surface area contributed by atoms with Gasteiger partial charge in [-0.25, -0.2) is 4.98 Å². The molecule has 3 heterocycles. The lowest BCUT2D eigenvalue weighted by Gasteiger charge is -2.19. The molecule has 3 aromatic rings. The molecule has 2 aromatic heterocycles. The van der Waals surface area contributed by atoms with E-state index in [1.807, 2.05) is 25.1 Å². The van der Waals surface area contributed by atoms with Gasteiger partial charge in [0.1, 0.15) is 5.76 Å². The predicted molar refractivity (Wildman–Crippen MR) is 105 cm³/mol. The number of aryl methyl sites for hydroxylation is 1. The molecule has 1 aliphatic heterocycles. The van der Waals surface area contributed by atoms with Crippen LogP contribution in [0.25, 0.3) is 11.5 Å². The van der Waals surface area contributed by atoms with Gasteiger partial charge in [-0.3, -0.25) is 4.90 Å². The van der Waals surface area contributed by atoms with E-state index in [1.54, 1.807) is 18.4 Å². The Hall–Kier alpha value is -2.55. The average molecular weight is 402 g/mol. The molecule has 28 heavy (non-hydrogen) atoms. The van der Waals surface area contributed by atoms with E-state index in [0.717, 1.165) is 23.6 Å². The number of hydrogen-bond donors (Lipinski definition) is 1. The van der Waals surface area contributed by atoms with Crippen molar-refractivity contribution in [3.8, 4) is 28.7 Å². The number of oxazole rings is 1. The van der Waals surface area contributed by atoms with Crippen LogP contribution in [0.5, 0.6) is 17.2 Å². The quantitative estimate of drug-likeness (QED) is 0.618. The van der Waals surface area contributed by atoms with E-state index >= 15 is 0 Å². The van der Waals surface area contributed by atoms with Gasteiger partial charge >= 0.3 is 0 Å². The van der Waals surface area contributed by atoms with Crippen molar-refractivity contribution < 1.29 is 23.7 Å². The van der Waals surface area contributed by atoms with Gasteiger partial charge in [-0.1, -0.05) is 6.07 Å². The van der Waals surface area contributed by atoms with E-state index in [4.69, 9.17) is 23.6 Å². The Kier molecular flexibility index (Phi) is 5.52. The molecule has 1 aromatic carbocycles. The number of hydrogen-bond acceptors (Lipinski definition) is 8. The molecule has 0 unspecified atom stereocenters. The maximum Gasteiger partial charge on any atom is 0.231 e. The van der Waals surface area contributed by atoms with Crippen LogP contribution in [0.15, 0.2) is 34.1 Å². The number of methoxy groups -OCH3 is 1. The van der Waals surface area contributed by atoms with Gasteiger partial charge in [0.15, 0.2) is 11.5 Å². The number of aliphatic hydroxyl groups excluding tert-OH is 1. The van der Waals surface area contributed by atoms with Crippen LogP contribution in [0, 0.1) is 6.92 Å². The van der Waals surface area contributed by atoms with Crippen LogP contribution in [-0.2, 0) is 13.1 Å². The molecule has 0 radical (unpaired) electrons. The van der Waals surface area contributed by atoms with E-state index in [1.165, 1.54) is 4.88 Å². The van der Waals surface area contributed by atoms with Gasteiger partial charge in [-0.05, 0) is 30.5 Å².